The summed E-state index contributed by atoms with van der Waals surface area (Å²) < 4.78 is 26.0. The van der Waals surface area contributed by atoms with Crippen molar-refractivity contribution in [3.8, 4) is 0 Å². The summed E-state index contributed by atoms with van der Waals surface area (Å²) >= 11 is 0. The average molecular weight is 280 g/mol. The summed E-state index contributed by atoms with van der Waals surface area (Å²) in [6.45, 7) is 3.88. The largest absolute Gasteiger partial charge is 0.347 e. The maximum atomic E-state index is 12.0. The van der Waals surface area contributed by atoms with Crippen LogP contribution >= 0.6 is 0 Å². The van der Waals surface area contributed by atoms with Crippen LogP contribution in [0.25, 0.3) is 10.9 Å². The van der Waals surface area contributed by atoms with Crippen molar-refractivity contribution in [2.24, 2.45) is 12.8 Å². The predicted octanol–water partition coefficient (Wildman–Crippen LogP) is 1.96. The van der Waals surface area contributed by atoms with Gasteiger partial charge in [-0.15, -0.1) is 0 Å². The Morgan fingerprint density at radius 2 is 2.00 bits per heavy atom. The molecule has 4 nitrogen and oxygen atoms in total. The maximum Gasteiger partial charge on any atom is 0.158 e. The number of aryl methyl sites for hydroxylation is 1. The molecule has 2 N–H and O–H groups in total. The zero-order valence-electron chi connectivity index (χ0n) is 11.6. The molecule has 1 heterocycles. The summed E-state index contributed by atoms with van der Waals surface area (Å²) in [7, 11) is -1.20. The summed E-state index contributed by atoms with van der Waals surface area (Å²) in [5.41, 5.74) is 8.60. The van der Waals surface area contributed by atoms with Gasteiger partial charge in [0, 0.05) is 30.2 Å². The molecule has 5 heteroatoms. The standard InChI is InChI=1S/C14H20N2O2S/c1-10(2)19(17,18)9-12-7-13-11(8-15)5-4-6-14(13)16(12)3/h4-7,10H,8-9,15H2,1-3H3. The number of fused-ring (bicyclic) bond motifs is 1. The lowest BCUT2D eigenvalue weighted by Crippen LogP contribution is -2.17. The number of aromatic nitrogens is 1. The molecule has 0 unspecified atom stereocenters. The summed E-state index contributed by atoms with van der Waals surface area (Å²) in [5.74, 6) is 0.0693. The van der Waals surface area contributed by atoms with Crippen LogP contribution in [0.5, 0.6) is 0 Å². The fraction of sp³-hybridized carbons (Fsp3) is 0.429. The molecule has 0 radical (unpaired) electrons. The number of rotatable bonds is 4. The molecule has 0 fully saturated rings. The number of nitrogens with two attached hydrogens (primary N) is 1. The van der Waals surface area contributed by atoms with Crippen LogP contribution in [0, 0.1) is 0 Å². The molecule has 1 aromatic heterocycles. The van der Waals surface area contributed by atoms with Crippen LogP contribution in [0.1, 0.15) is 25.1 Å². The first-order valence-electron chi connectivity index (χ1n) is 6.34. The third kappa shape index (κ3) is 2.53. The minimum atomic E-state index is -3.09. The van der Waals surface area contributed by atoms with Gasteiger partial charge in [0.2, 0.25) is 0 Å². The predicted molar refractivity (Wildman–Crippen MR) is 78.6 cm³/mol. The van der Waals surface area contributed by atoms with Crippen LogP contribution in [0.15, 0.2) is 24.3 Å². The van der Waals surface area contributed by atoms with Gasteiger partial charge < -0.3 is 10.3 Å². The molecule has 0 aliphatic carbocycles. The van der Waals surface area contributed by atoms with Crippen molar-refractivity contribution in [3.63, 3.8) is 0 Å². The minimum Gasteiger partial charge on any atom is -0.347 e. The van der Waals surface area contributed by atoms with E-state index in [9.17, 15) is 8.42 Å². The first kappa shape index (κ1) is 14.1. The quantitative estimate of drug-likeness (QED) is 0.931. The van der Waals surface area contributed by atoms with Crippen LogP contribution in [0.4, 0.5) is 0 Å². The van der Waals surface area contributed by atoms with E-state index in [4.69, 9.17) is 5.73 Å². The molecule has 0 aliphatic rings. The van der Waals surface area contributed by atoms with Gasteiger partial charge >= 0.3 is 0 Å². The second kappa shape index (κ2) is 4.98. The van der Waals surface area contributed by atoms with Crippen LogP contribution in [-0.2, 0) is 29.2 Å². The minimum absolute atomic E-state index is 0.0693. The van der Waals surface area contributed by atoms with Crippen molar-refractivity contribution >= 4 is 20.7 Å². The summed E-state index contributed by atoms with van der Waals surface area (Å²) in [6, 6.07) is 7.85. The zero-order valence-corrected chi connectivity index (χ0v) is 12.4. The molecule has 19 heavy (non-hydrogen) atoms. The van der Waals surface area contributed by atoms with Gasteiger partial charge in [0.05, 0.1) is 11.0 Å². The van der Waals surface area contributed by atoms with Gasteiger partial charge in [-0.05, 0) is 31.5 Å². The lowest BCUT2D eigenvalue weighted by Gasteiger charge is -2.08. The van der Waals surface area contributed by atoms with Gasteiger partial charge in [-0.25, -0.2) is 8.42 Å². The number of hydrogen-bond acceptors (Lipinski definition) is 3. The molecule has 104 valence electrons. The molecule has 0 atom stereocenters. The van der Waals surface area contributed by atoms with E-state index in [0.717, 1.165) is 22.2 Å². The Morgan fingerprint density at radius 3 is 2.58 bits per heavy atom. The van der Waals surface area contributed by atoms with E-state index in [1.807, 2.05) is 35.9 Å². The highest BCUT2D eigenvalue weighted by Crippen LogP contribution is 2.24. The molecule has 0 bridgehead atoms. The van der Waals surface area contributed by atoms with Crippen LogP contribution in [0.3, 0.4) is 0 Å². The van der Waals surface area contributed by atoms with E-state index in [1.165, 1.54) is 0 Å². The van der Waals surface area contributed by atoms with Crippen molar-refractivity contribution in [1.82, 2.24) is 4.57 Å². The summed E-state index contributed by atoms with van der Waals surface area (Å²) in [6.07, 6.45) is 0. The molecule has 2 aromatic rings. The molecular weight excluding hydrogens is 260 g/mol. The zero-order chi connectivity index (χ0) is 14.2. The Bertz CT molecular complexity index is 700. The van der Waals surface area contributed by atoms with E-state index in [1.54, 1.807) is 13.8 Å². The van der Waals surface area contributed by atoms with Crippen molar-refractivity contribution in [2.75, 3.05) is 0 Å². The van der Waals surface area contributed by atoms with E-state index < -0.39 is 9.84 Å². The molecule has 2 rings (SSSR count). The number of hydrogen-bond donors (Lipinski definition) is 1. The highest BCUT2D eigenvalue weighted by atomic mass is 32.2. The highest BCUT2D eigenvalue weighted by molar-refractivity contribution is 7.91. The second-order valence-electron chi connectivity index (χ2n) is 5.10. The van der Waals surface area contributed by atoms with Gasteiger partial charge in [-0.2, -0.15) is 0 Å². The van der Waals surface area contributed by atoms with Crippen molar-refractivity contribution in [1.29, 1.82) is 0 Å². The van der Waals surface area contributed by atoms with Crippen molar-refractivity contribution < 1.29 is 8.42 Å². The Kier molecular flexibility index (Phi) is 3.69. The molecule has 1 aromatic carbocycles. The Balaban J connectivity index is 2.55. The van der Waals surface area contributed by atoms with Gasteiger partial charge in [0.25, 0.3) is 0 Å². The molecular formula is C14H20N2O2S. The van der Waals surface area contributed by atoms with E-state index >= 15 is 0 Å². The Labute approximate surface area is 114 Å². The number of nitrogens with zero attached hydrogens (tertiary/aromatic N) is 1. The normalized spacial score (nSPS) is 12.5. The third-order valence-corrected chi connectivity index (χ3v) is 5.70. The van der Waals surface area contributed by atoms with Crippen LogP contribution < -0.4 is 5.73 Å². The lowest BCUT2D eigenvalue weighted by molar-refractivity contribution is 0.585. The molecule has 0 amide bonds. The second-order valence-corrected chi connectivity index (χ2v) is 7.66. The van der Waals surface area contributed by atoms with E-state index in [-0.39, 0.29) is 11.0 Å². The lowest BCUT2D eigenvalue weighted by atomic mass is 10.1. The summed E-state index contributed by atoms with van der Waals surface area (Å²) in [4.78, 5) is 0. The number of sulfone groups is 1. The molecule has 0 aliphatic heterocycles. The monoisotopic (exact) mass is 280 g/mol. The van der Waals surface area contributed by atoms with Crippen molar-refractivity contribution in [3.05, 3.63) is 35.5 Å². The van der Waals surface area contributed by atoms with Crippen LogP contribution in [0.2, 0.25) is 0 Å². The maximum absolute atomic E-state index is 12.0. The highest BCUT2D eigenvalue weighted by Gasteiger charge is 2.19. The molecule has 0 spiro atoms. The van der Waals surface area contributed by atoms with Gasteiger partial charge in [0.15, 0.2) is 9.84 Å². The Morgan fingerprint density at radius 1 is 1.32 bits per heavy atom. The fourth-order valence-corrected chi connectivity index (χ4v) is 3.19. The fourth-order valence-electron chi connectivity index (χ4n) is 2.17. The first-order chi connectivity index (χ1) is 8.86. The SMILES string of the molecule is CC(C)S(=O)(=O)Cc1cc2c(CN)cccc2n1C. The van der Waals surface area contributed by atoms with Gasteiger partial charge in [0.1, 0.15) is 0 Å². The van der Waals surface area contributed by atoms with Gasteiger partial charge in [-0.3, -0.25) is 0 Å². The molecule has 0 saturated carbocycles. The first-order valence-corrected chi connectivity index (χ1v) is 8.06. The average Bonchev–Trinajstić information content (AvgIpc) is 2.66. The summed E-state index contributed by atoms with van der Waals surface area (Å²) in [5, 5.41) is 0.681. The van der Waals surface area contributed by atoms with Gasteiger partial charge in [-0.1, -0.05) is 12.1 Å². The topological polar surface area (TPSA) is 65.1 Å². The third-order valence-electron chi connectivity index (χ3n) is 3.56. The van der Waals surface area contributed by atoms with Crippen LogP contribution in [-0.4, -0.2) is 18.2 Å². The van der Waals surface area contributed by atoms with E-state index in [0.29, 0.717) is 6.54 Å². The van der Waals surface area contributed by atoms with E-state index in [2.05, 4.69) is 0 Å². The smallest absolute Gasteiger partial charge is 0.158 e. The molecule has 0 saturated heterocycles. The Hall–Kier alpha value is -1.33. The number of benzene rings is 1. The van der Waals surface area contributed by atoms with Crippen molar-refractivity contribution in [2.45, 2.75) is 31.4 Å².